The Balaban J connectivity index is 1.88. The second-order valence-corrected chi connectivity index (χ2v) is 5.31. The summed E-state index contributed by atoms with van der Waals surface area (Å²) >= 11 is 0. The fourth-order valence-electron chi connectivity index (χ4n) is 3.07. The number of likely N-dealkylation sites (N-methyl/N-ethyl adjacent to an activating group) is 1. The molecular weight excluding hydrogens is 214 g/mol. The molecular formula is C13H25N3O. The molecule has 1 amide bonds. The minimum absolute atomic E-state index is 0.128. The number of nitrogens with one attached hydrogen (secondary N) is 2. The highest BCUT2D eigenvalue weighted by molar-refractivity contribution is 5.81. The molecule has 2 aliphatic rings. The zero-order valence-electron chi connectivity index (χ0n) is 10.9. The first-order valence-electron chi connectivity index (χ1n) is 6.97. The summed E-state index contributed by atoms with van der Waals surface area (Å²) in [6.07, 6.45) is 6.00. The maximum Gasteiger partial charge on any atom is 0.237 e. The van der Waals surface area contributed by atoms with Gasteiger partial charge in [0, 0.05) is 13.6 Å². The lowest BCUT2D eigenvalue weighted by atomic mass is 9.94. The number of likely N-dealkylation sites (tertiary alicyclic amines) is 1. The molecule has 2 fully saturated rings. The van der Waals surface area contributed by atoms with Gasteiger partial charge in [0.15, 0.2) is 0 Å². The van der Waals surface area contributed by atoms with Crippen molar-refractivity contribution in [3.05, 3.63) is 0 Å². The summed E-state index contributed by atoms with van der Waals surface area (Å²) in [5, 5.41) is 6.21. The minimum atomic E-state index is 0.128. The highest BCUT2D eigenvalue weighted by Gasteiger charge is 2.29. The summed E-state index contributed by atoms with van der Waals surface area (Å²) < 4.78 is 0. The van der Waals surface area contributed by atoms with Gasteiger partial charge in [-0.15, -0.1) is 0 Å². The first kappa shape index (κ1) is 12.8. The molecule has 1 atom stereocenters. The largest absolute Gasteiger partial charge is 0.358 e. The van der Waals surface area contributed by atoms with Crippen LogP contribution in [0.5, 0.6) is 0 Å². The number of amides is 1. The Morgan fingerprint density at radius 2 is 2.06 bits per heavy atom. The van der Waals surface area contributed by atoms with E-state index in [1.54, 1.807) is 7.05 Å². The predicted molar refractivity (Wildman–Crippen MR) is 68.9 cm³/mol. The lowest BCUT2D eigenvalue weighted by Crippen LogP contribution is -2.50. The molecule has 2 aliphatic heterocycles. The van der Waals surface area contributed by atoms with Crippen LogP contribution < -0.4 is 10.6 Å². The van der Waals surface area contributed by atoms with E-state index in [9.17, 15) is 4.79 Å². The second kappa shape index (κ2) is 6.36. The van der Waals surface area contributed by atoms with E-state index in [2.05, 4.69) is 15.5 Å². The topological polar surface area (TPSA) is 44.4 Å². The van der Waals surface area contributed by atoms with Crippen LogP contribution in [0.3, 0.4) is 0 Å². The van der Waals surface area contributed by atoms with E-state index in [-0.39, 0.29) is 11.9 Å². The molecule has 0 saturated carbocycles. The van der Waals surface area contributed by atoms with Gasteiger partial charge in [0.25, 0.3) is 0 Å². The first-order valence-corrected chi connectivity index (χ1v) is 6.97. The molecule has 1 unspecified atom stereocenters. The van der Waals surface area contributed by atoms with Gasteiger partial charge in [0.1, 0.15) is 0 Å². The second-order valence-electron chi connectivity index (χ2n) is 5.31. The van der Waals surface area contributed by atoms with Crippen molar-refractivity contribution >= 4 is 5.91 Å². The van der Waals surface area contributed by atoms with Crippen LogP contribution in [-0.2, 0) is 4.79 Å². The molecule has 0 aromatic heterocycles. The van der Waals surface area contributed by atoms with Gasteiger partial charge < -0.3 is 10.6 Å². The number of carbonyl (C=O) groups excluding carboxylic acids is 1. The van der Waals surface area contributed by atoms with Crippen LogP contribution in [0.4, 0.5) is 0 Å². The molecule has 0 aliphatic carbocycles. The van der Waals surface area contributed by atoms with Crippen LogP contribution >= 0.6 is 0 Å². The van der Waals surface area contributed by atoms with Crippen molar-refractivity contribution in [2.75, 3.05) is 33.2 Å². The third-order valence-electron chi connectivity index (χ3n) is 4.11. The molecule has 4 heteroatoms. The van der Waals surface area contributed by atoms with E-state index in [1.165, 1.54) is 25.7 Å². The van der Waals surface area contributed by atoms with Crippen LogP contribution in [0, 0.1) is 5.92 Å². The molecule has 0 aromatic carbocycles. The number of nitrogens with zero attached hydrogens (tertiary/aromatic N) is 1. The SMILES string of the molecule is CNC(=O)C1CCCCN1CC1CCNCC1. The quantitative estimate of drug-likeness (QED) is 0.757. The predicted octanol–water partition coefficient (Wildman–Crippen LogP) is 0.587. The fraction of sp³-hybridized carbons (Fsp3) is 0.923. The normalized spacial score (nSPS) is 27.9. The standard InChI is InChI=1S/C13H25N3O/c1-14-13(17)12-4-2-3-9-16(12)10-11-5-7-15-8-6-11/h11-12,15H,2-10H2,1H3,(H,14,17). The molecule has 2 saturated heterocycles. The third kappa shape index (κ3) is 3.42. The summed E-state index contributed by atoms with van der Waals surface area (Å²) in [4.78, 5) is 14.3. The van der Waals surface area contributed by atoms with Gasteiger partial charge in [-0.3, -0.25) is 9.69 Å². The average molecular weight is 239 g/mol. The van der Waals surface area contributed by atoms with Gasteiger partial charge in [-0.2, -0.15) is 0 Å². The van der Waals surface area contributed by atoms with Crippen molar-refractivity contribution in [1.29, 1.82) is 0 Å². The van der Waals surface area contributed by atoms with E-state index in [1.807, 2.05) is 0 Å². The molecule has 2 N–H and O–H groups in total. The smallest absolute Gasteiger partial charge is 0.237 e. The van der Waals surface area contributed by atoms with Gasteiger partial charge in [-0.05, 0) is 51.2 Å². The van der Waals surface area contributed by atoms with Crippen molar-refractivity contribution in [2.24, 2.45) is 5.92 Å². The first-order chi connectivity index (χ1) is 8.31. The number of hydrogen-bond donors (Lipinski definition) is 2. The number of carbonyl (C=O) groups is 1. The molecule has 0 bridgehead atoms. The van der Waals surface area contributed by atoms with E-state index < -0.39 is 0 Å². The molecule has 4 nitrogen and oxygen atoms in total. The van der Waals surface area contributed by atoms with Crippen LogP contribution in [0.1, 0.15) is 32.1 Å². The highest BCUT2D eigenvalue weighted by Crippen LogP contribution is 2.21. The van der Waals surface area contributed by atoms with Gasteiger partial charge in [-0.1, -0.05) is 6.42 Å². The van der Waals surface area contributed by atoms with Crippen LogP contribution in [0.15, 0.2) is 0 Å². The molecule has 2 heterocycles. The van der Waals surface area contributed by atoms with E-state index in [4.69, 9.17) is 0 Å². The van der Waals surface area contributed by atoms with Crippen molar-refractivity contribution in [3.63, 3.8) is 0 Å². The number of hydrogen-bond acceptors (Lipinski definition) is 3. The Morgan fingerprint density at radius 3 is 2.76 bits per heavy atom. The van der Waals surface area contributed by atoms with Crippen LogP contribution in [0.2, 0.25) is 0 Å². The minimum Gasteiger partial charge on any atom is -0.358 e. The molecule has 0 radical (unpaired) electrons. The zero-order chi connectivity index (χ0) is 12.1. The monoisotopic (exact) mass is 239 g/mol. The van der Waals surface area contributed by atoms with Gasteiger partial charge in [0.2, 0.25) is 5.91 Å². The average Bonchev–Trinajstić information content (AvgIpc) is 2.40. The van der Waals surface area contributed by atoms with Gasteiger partial charge in [0.05, 0.1) is 6.04 Å². The zero-order valence-corrected chi connectivity index (χ0v) is 10.9. The fourth-order valence-corrected chi connectivity index (χ4v) is 3.07. The summed E-state index contributed by atoms with van der Waals surface area (Å²) in [6.45, 7) is 4.49. The van der Waals surface area contributed by atoms with E-state index in [0.29, 0.717) is 0 Å². The maximum atomic E-state index is 11.9. The molecule has 2 rings (SSSR count). The van der Waals surface area contributed by atoms with Gasteiger partial charge >= 0.3 is 0 Å². The molecule has 0 aromatic rings. The Labute approximate surface area is 104 Å². The van der Waals surface area contributed by atoms with Crippen molar-refractivity contribution in [2.45, 2.75) is 38.1 Å². The molecule has 98 valence electrons. The highest BCUT2D eigenvalue weighted by atomic mass is 16.2. The molecule has 0 spiro atoms. The summed E-state index contributed by atoms with van der Waals surface area (Å²) in [5.41, 5.74) is 0. The van der Waals surface area contributed by atoms with Crippen molar-refractivity contribution in [3.8, 4) is 0 Å². The lowest BCUT2D eigenvalue weighted by Gasteiger charge is -2.37. The Hall–Kier alpha value is -0.610. The maximum absolute atomic E-state index is 11.9. The van der Waals surface area contributed by atoms with Gasteiger partial charge in [-0.25, -0.2) is 0 Å². The molecule has 17 heavy (non-hydrogen) atoms. The van der Waals surface area contributed by atoms with E-state index in [0.717, 1.165) is 38.5 Å². The summed E-state index contributed by atoms with van der Waals surface area (Å²) in [6, 6.07) is 0.128. The summed E-state index contributed by atoms with van der Waals surface area (Å²) in [5.74, 6) is 0.986. The van der Waals surface area contributed by atoms with Crippen molar-refractivity contribution < 1.29 is 4.79 Å². The van der Waals surface area contributed by atoms with Crippen molar-refractivity contribution in [1.82, 2.24) is 15.5 Å². The van der Waals surface area contributed by atoms with E-state index >= 15 is 0 Å². The Bertz CT molecular complexity index is 251. The summed E-state index contributed by atoms with van der Waals surface area (Å²) in [7, 11) is 1.75. The third-order valence-corrected chi connectivity index (χ3v) is 4.11. The van der Waals surface area contributed by atoms with Crippen LogP contribution in [-0.4, -0.2) is 50.1 Å². The lowest BCUT2D eigenvalue weighted by molar-refractivity contribution is -0.127. The Morgan fingerprint density at radius 1 is 1.29 bits per heavy atom. The Kier molecular flexibility index (Phi) is 4.80. The van der Waals surface area contributed by atoms with Crippen LogP contribution in [0.25, 0.3) is 0 Å². The number of piperidine rings is 2. The number of rotatable bonds is 3.